The van der Waals surface area contributed by atoms with Crippen molar-refractivity contribution in [3.63, 3.8) is 0 Å². The summed E-state index contributed by atoms with van der Waals surface area (Å²) in [5, 5.41) is 26.0. The number of carbonyl (C=O) groups is 3. The van der Waals surface area contributed by atoms with Crippen LogP contribution >= 0.6 is 11.3 Å². The highest BCUT2D eigenvalue weighted by molar-refractivity contribution is 7.14. The van der Waals surface area contributed by atoms with Crippen molar-refractivity contribution in [1.82, 2.24) is 30.6 Å². The number of carboxylic acids is 1. The lowest BCUT2D eigenvalue weighted by atomic mass is 9.95. The van der Waals surface area contributed by atoms with Gasteiger partial charge in [0.2, 0.25) is 5.91 Å². The summed E-state index contributed by atoms with van der Waals surface area (Å²) in [5.74, 6) is -1.38. The number of aliphatic hydroxyl groups is 1. The zero-order chi connectivity index (χ0) is 39.4. The number of rotatable bonds is 18. The van der Waals surface area contributed by atoms with Gasteiger partial charge in [-0.05, 0) is 47.2 Å². The minimum absolute atomic E-state index is 0.0323. The number of benzene rings is 2. The summed E-state index contributed by atoms with van der Waals surface area (Å²) >= 11 is 1.32. The van der Waals surface area contributed by atoms with Gasteiger partial charge in [-0.25, -0.2) is 24.7 Å². The minimum atomic E-state index is -1.73. The molecule has 2 aromatic carbocycles. The van der Waals surface area contributed by atoms with Gasteiger partial charge in [0.15, 0.2) is 11.9 Å². The normalized spacial score (nSPS) is 13.0. The number of aliphatic hydroxyl groups excluding tert-OH is 1. The van der Waals surface area contributed by atoms with Gasteiger partial charge in [-0.1, -0.05) is 89.8 Å². The molecule has 0 saturated heterocycles. The van der Waals surface area contributed by atoms with Gasteiger partial charge in [0.25, 0.3) is 5.91 Å². The van der Waals surface area contributed by atoms with Gasteiger partial charge in [-0.3, -0.25) is 9.59 Å². The Bertz CT molecular complexity index is 2000. The lowest BCUT2D eigenvalue weighted by Gasteiger charge is -2.24. The second kappa shape index (κ2) is 19.2. The van der Waals surface area contributed by atoms with Crippen LogP contribution in [0.4, 0.5) is 0 Å². The molecule has 0 aliphatic rings. The minimum Gasteiger partial charge on any atom is -0.494 e. The predicted octanol–water partition coefficient (Wildman–Crippen LogP) is 6.95. The van der Waals surface area contributed by atoms with E-state index in [0.29, 0.717) is 22.9 Å². The van der Waals surface area contributed by atoms with Crippen LogP contribution in [0.25, 0.3) is 22.5 Å². The lowest BCUT2D eigenvalue weighted by molar-refractivity contribution is -0.145. The van der Waals surface area contributed by atoms with E-state index in [1.54, 1.807) is 30.6 Å². The number of aromatic nitrogens is 4. The molecule has 0 aliphatic heterocycles. The molecule has 4 N–H and O–H groups in total. The Morgan fingerprint density at radius 1 is 0.800 bits per heavy atom. The molecule has 0 spiro atoms. The number of thiophene rings is 1. The van der Waals surface area contributed by atoms with Crippen LogP contribution in [0.1, 0.15) is 91.6 Å². The molecule has 3 unspecified atom stereocenters. The van der Waals surface area contributed by atoms with Crippen molar-refractivity contribution in [2.75, 3.05) is 6.61 Å². The van der Waals surface area contributed by atoms with Crippen molar-refractivity contribution in [3.8, 4) is 28.3 Å². The van der Waals surface area contributed by atoms with E-state index in [4.69, 9.17) is 4.74 Å². The van der Waals surface area contributed by atoms with Gasteiger partial charge in [-0.2, -0.15) is 0 Å². The number of nitrogens with one attached hydrogen (secondary N) is 2. The highest BCUT2D eigenvalue weighted by Crippen LogP contribution is 2.30. The number of unbranched alkanes of at least 4 members (excludes halogenated alkanes) is 4. The fourth-order valence-electron chi connectivity index (χ4n) is 5.78. The van der Waals surface area contributed by atoms with E-state index in [-0.39, 0.29) is 17.4 Å². The second-order valence-corrected chi connectivity index (χ2v) is 15.4. The Kier molecular flexibility index (Phi) is 14.2. The second-order valence-electron chi connectivity index (χ2n) is 14.4. The molecule has 5 rings (SSSR count). The van der Waals surface area contributed by atoms with Crippen molar-refractivity contribution in [3.05, 3.63) is 113 Å². The number of amides is 2. The maximum Gasteiger partial charge on any atom is 0.329 e. The molecule has 13 heteroatoms. The van der Waals surface area contributed by atoms with E-state index < -0.39 is 36.0 Å². The molecular weight excluding hydrogens is 717 g/mol. The van der Waals surface area contributed by atoms with Crippen LogP contribution in [0.5, 0.6) is 5.75 Å². The highest BCUT2D eigenvalue weighted by atomic mass is 32.1. The molecular formula is C42H48N6O6S. The summed E-state index contributed by atoms with van der Waals surface area (Å²) in [6.07, 6.45) is 11.6. The Labute approximate surface area is 325 Å². The number of ether oxygens (including phenoxy) is 1. The third-order valence-corrected chi connectivity index (χ3v) is 10.5. The van der Waals surface area contributed by atoms with Gasteiger partial charge in [0.05, 0.1) is 11.5 Å². The fraction of sp³-hybridized carbons (Fsp3) is 0.357. The van der Waals surface area contributed by atoms with Crippen molar-refractivity contribution < 1.29 is 29.3 Å². The standard InChI is InChI=1S/C42H48N6O6S/c1-5-6-7-8-9-20-54-32-16-14-28(15-17-32)30-24-45-38(46-25-30)29-12-10-27(11-13-29)21-33(47-40(51)34-18-19-35(55-34)42(2,3)4)39(50)48-36(41(52)53)37(49)31-22-43-26-44-23-31/h10-19,22-26,33,36-37,49H,5-9,20-21H2,1-4H3,(H,47,51)(H,48,50)(H,52,53). The van der Waals surface area contributed by atoms with Crippen LogP contribution in [0, 0.1) is 0 Å². The molecule has 12 nitrogen and oxygen atoms in total. The first-order valence-electron chi connectivity index (χ1n) is 18.4. The number of nitrogens with zero attached hydrogens (tertiary/aromatic N) is 4. The summed E-state index contributed by atoms with van der Waals surface area (Å²) in [4.78, 5) is 57.6. The summed E-state index contributed by atoms with van der Waals surface area (Å²) < 4.78 is 5.89. The van der Waals surface area contributed by atoms with Crippen molar-refractivity contribution in [1.29, 1.82) is 0 Å². The Morgan fingerprint density at radius 3 is 2.07 bits per heavy atom. The number of hydrogen-bond donors (Lipinski definition) is 4. The first kappa shape index (κ1) is 40.7. The van der Waals surface area contributed by atoms with Gasteiger partial charge >= 0.3 is 5.97 Å². The van der Waals surface area contributed by atoms with E-state index in [1.807, 2.05) is 63.2 Å². The Morgan fingerprint density at radius 2 is 1.45 bits per heavy atom. The SMILES string of the molecule is CCCCCCCOc1ccc(-c2cnc(-c3ccc(CC(NC(=O)c4ccc(C(C)(C)C)s4)C(=O)NC(C(=O)O)C(O)c4cncnc4)cc3)nc2)cc1. The third kappa shape index (κ3) is 11.5. The van der Waals surface area contributed by atoms with E-state index in [2.05, 4.69) is 37.5 Å². The predicted molar refractivity (Wildman–Crippen MR) is 212 cm³/mol. The lowest BCUT2D eigenvalue weighted by Crippen LogP contribution is -2.54. The average molecular weight is 765 g/mol. The van der Waals surface area contributed by atoms with Crippen LogP contribution in [-0.4, -0.2) is 66.6 Å². The van der Waals surface area contributed by atoms with Gasteiger partial charge in [-0.15, -0.1) is 11.3 Å². The molecule has 0 bridgehead atoms. The summed E-state index contributed by atoms with van der Waals surface area (Å²) in [7, 11) is 0. The molecule has 2 amide bonds. The zero-order valence-corrected chi connectivity index (χ0v) is 32.4. The quantitative estimate of drug-likeness (QED) is 0.0683. The maximum absolute atomic E-state index is 13.7. The zero-order valence-electron chi connectivity index (χ0n) is 31.6. The molecule has 0 saturated carbocycles. The Hall–Kier alpha value is -5.53. The average Bonchev–Trinajstić information content (AvgIpc) is 3.71. The summed E-state index contributed by atoms with van der Waals surface area (Å²) in [5.41, 5.74) is 3.20. The van der Waals surface area contributed by atoms with Crippen LogP contribution in [-0.2, 0) is 21.4 Å². The van der Waals surface area contributed by atoms with E-state index in [1.165, 1.54) is 55.7 Å². The molecule has 55 heavy (non-hydrogen) atoms. The molecule has 5 aromatic rings. The third-order valence-electron chi connectivity index (χ3n) is 9.00. The van der Waals surface area contributed by atoms with Crippen molar-refractivity contribution >= 4 is 29.1 Å². The highest BCUT2D eigenvalue weighted by Gasteiger charge is 2.33. The number of hydrogen-bond acceptors (Lipinski definition) is 10. The van der Waals surface area contributed by atoms with Crippen LogP contribution in [0.2, 0.25) is 0 Å². The smallest absolute Gasteiger partial charge is 0.329 e. The van der Waals surface area contributed by atoms with Gasteiger partial charge in [0, 0.05) is 52.8 Å². The van der Waals surface area contributed by atoms with Gasteiger partial charge in [0.1, 0.15) is 24.2 Å². The van der Waals surface area contributed by atoms with Crippen molar-refractivity contribution in [2.45, 2.75) is 89.8 Å². The maximum atomic E-state index is 13.7. The van der Waals surface area contributed by atoms with Crippen LogP contribution in [0.15, 0.2) is 91.8 Å². The van der Waals surface area contributed by atoms with Gasteiger partial charge < -0.3 is 25.6 Å². The fourth-order valence-corrected chi connectivity index (χ4v) is 6.74. The van der Waals surface area contributed by atoms with E-state index >= 15 is 0 Å². The number of aliphatic carboxylic acids is 1. The van der Waals surface area contributed by atoms with E-state index in [9.17, 15) is 24.6 Å². The van der Waals surface area contributed by atoms with Crippen LogP contribution in [0.3, 0.4) is 0 Å². The number of carbonyl (C=O) groups excluding carboxylic acids is 2. The van der Waals surface area contributed by atoms with Crippen LogP contribution < -0.4 is 15.4 Å². The largest absolute Gasteiger partial charge is 0.494 e. The summed E-state index contributed by atoms with van der Waals surface area (Å²) in [6, 6.07) is 15.8. The molecule has 0 aliphatic carbocycles. The van der Waals surface area contributed by atoms with Crippen molar-refractivity contribution in [2.24, 2.45) is 0 Å². The first-order valence-corrected chi connectivity index (χ1v) is 19.3. The molecule has 3 heterocycles. The molecule has 0 fully saturated rings. The molecule has 3 aromatic heterocycles. The summed E-state index contributed by atoms with van der Waals surface area (Å²) in [6.45, 7) is 9.04. The molecule has 0 radical (unpaired) electrons. The Balaban J connectivity index is 1.27. The topological polar surface area (TPSA) is 177 Å². The number of carboxylic acid groups (broad SMARTS) is 1. The van der Waals surface area contributed by atoms with E-state index in [0.717, 1.165) is 33.7 Å². The molecule has 288 valence electrons. The monoisotopic (exact) mass is 764 g/mol. The molecule has 3 atom stereocenters. The first-order chi connectivity index (χ1) is 26.4.